The van der Waals surface area contributed by atoms with Crippen molar-refractivity contribution < 1.29 is 14.8 Å². The van der Waals surface area contributed by atoms with Crippen molar-refractivity contribution in [1.29, 1.82) is 0 Å². The number of benzene rings is 1. The number of anilines is 1. The summed E-state index contributed by atoms with van der Waals surface area (Å²) < 4.78 is 5.60. The smallest absolute Gasteiger partial charge is 0.292 e. The van der Waals surface area contributed by atoms with Gasteiger partial charge in [-0.05, 0) is 38.3 Å². The Kier molecular flexibility index (Phi) is 5.14. The van der Waals surface area contributed by atoms with E-state index in [2.05, 4.69) is 0 Å². The van der Waals surface area contributed by atoms with Crippen molar-refractivity contribution >= 4 is 11.4 Å². The maximum absolute atomic E-state index is 11.3. The minimum absolute atomic E-state index is 0.0586. The van der Waals surface area contributed by atoms with Crippen LogP contribution in [0.15, 0.2) is 18.2 Å². The number of aliphatic hydroxyl groups is 1. The van der Waals surface area contributed by atoms with Crippen LogP contribution in [0.25, 0.3) is 0 Å². The lowest BCUT2D eigenvalue weighted by Crippen LogP contribution is -2.37. The first-order valence-corrected chi connectivity index (χ1v) is 7.36. The normalized spacial score (nSPS) is 17.8. The van der Waals surface area contributed by atoms with Crippen molar-refractivity contribution in [2.45, 2.75) is 38.9 Å². The topological polar surface area (TPSA) is 75.8 Å². The summed E-state index contributed by atoms with van der Waals surface area (Å²) in [5, 5.41) is 20.9. The second-order valence-corrected chi connectivity index (χ2v) is 5.32. The molecule has 0 bridgehead atoms. The van der Waals surface area contributed by atoms with Gasteiger partial charge in [-0.2, -0.15) is 0 Å². The van der Waals surface area contributed by atoms with Gasteiger partial charge < -0.3 is 14.7 Å². The lowest BCUT2D eigenvalue weighted by Gasteiger charge is -2.33. The summed E-state index contributed by atoms with van der Waals surface area (Å²) in [6, 6.07) is 4.96. The first-order valence-electron chi connectivity index (χ1n) is 7.36. The van der Waals surface area contributed by atoms with Crippen molar-refractivity contribution in [3.05, 3.63) is 33.9 Å². The van der Waals surface area contributed by atoms with E-state index in [0.29, 0.717) is 17.9 Å². The highest BCUT2D eigenvalue weighted by Gasteiger charge is 2.25. The Bertz CT molecular complexity index is 496. The number of nitrogens with zero attached hydrogens (tertiary/aromatic N) is 2. The Hall–Kier alpha value is -1.66. The lowest BCUT2D eigenvalue weighted by atomic mass is 10.0. The molecule has 0 saturated carbocycles. The van der Waals surface area contributed by atoms with Gasteiger partial charge in [0.2, 0.25) is 0 Å². The van der Waals surface area contributed by atoms with Gasteiger partial charge in [0.1, 0.15) is 5.69 Å². The molecule has 0 spiro atoms. The molecule has 1 fully saturated rings. The van der Waals surface area contributed by atoms with E-state index in [1.165, 1.54) is 6.07 Å². The fourth-order valence-electron chi connectivity index (χ4n) is 2.71. The number of piperidine rings is 1. The number of rotatable bonds is 5. The first-order chi connectivity index (χ1) is 10.0. The van der Waals surface area contributed by atoms with Crippen LogP contribution in [0.5, 0.6) is 0 Å². The van der Waals surface area contributed by atoms with Gasteiger partial charge in [0.05, 0.1) is 17.1 Å². The fourth-order valence-corrected chi connectivity index (χ4v) is 2.71. The van der Waals surface area contributed by atoms with Gasteiger partial charge in [-0.1, -0.05) is 6.07 Å². The monoisotopic (exact) mass is 294 g/mol. The summed E-state index contributed by atoms with van der Waals surface area (Å²) in [5.41, 5.74) is 1.25. The van der Waals surface area contributed by atoms with E-state index in [9.17, 15) is 15.2 Å². The van der Waals surface area contributed by atoms with Crippen LogP contribution in [-0.4, -0.2) is 35.8 Å². The zero-order valence-electron chi connectivity index (χ0n) is 12.5. The highest BCUT2D eigenvalue weighted by molar-refractivity contribution is 5.64. The van der Waals surface area contributed by atoms with Gasteiger partial charge in [0, 0.05) is 25.8 Å². The molecule has 1 N–H and O–H groups in total. The lowest BCUT2D eigenvalue weighted by molar-refractivity contribution is -0.384. The predicted octanol–water partition coefficient (Wildman–Crippen LogP) is 2.65. The predicted molar refractivity (Wildman–Crippen MR) is 80.6 cm³/mol. The molecule has 116 valence electrons. The standard InChI is InChI=1S/C15H22N2O4/c1-3-21-13-6-8-16(9-7-13)14-5-4-12(11(2)18)10-15(14)17(19)20/h4-5,10-11,13,18H,3,6-9H2,1-2H3/t11-/m0/s1. The Morgan fingerprint density at radius 3 is 2.67 bits per heavy atom. The minimum atomic E-state index is -0.707. The van der Waals surface area contributed by atoms with E-state index in [1.54, 1.807) is 19.1 Å². The van der Waals surface area contributed by atoms with Crippen LogP contribution in [0.2, 0.25) is 0 Å². The van der Waals surface area contributed by atoms with Gasteiger partial charge in [0.15, 0.2) is 0 Å². The van der Waals surface area contributed by atoms with Crippen LogP contribution < -0.4 is 4.90 Å². The Morgan fingerprint density at radius 1 is 1.48 bits per heavy atom. The van der Waals surface area contributed by atoms with Gasteiger partial charge in [-0.15, -0.1) is 0 Å². The molecule has 1 atom stereocenters. The van der Waals surface area contributed by atoms with E-state index >= 15 is 0 Å². The molecule has 6 heteroatoms. The molecule has 0 aromatic heterocycles. The molecular weight excluding hydrogens is 272 g/mol. The van der Waals surface area contributed by atoms with Crippen molar-refractivity contribution in [3.63, 3.8) is 0 Å². The summed E-state index contributed by atoms with van der Waals surface area (Å²) in [6.07, 6.45) is 1.30. The molecule has 1 aromatic rings. The quantitative estimate of drug-likeness (QED) is 0.667. The van der Waals surface area contributed by atoms with Crippen LogP contribution in [0, 0.1) is 10.1 Å². The molecule has 21 heavy (non-hydrogen) atoms. The van der Waals surface area contributed by atoms with Crippen LogP contribution >= 0.6 is 0 Å². The van der Waals surface area contributed by atoms with Crippen molar-refractivity contribution in [3.8, 4) is 0 Å². The average Bonchev–Trinajstić information content (AvgIpc) is 2.47. The SMILES string of the molecule is CCOC1CCN(c2ccc([C@H](C)O)cc2[N+](=O)[O-])CC1. The van der Waals surface area contributed by atoms with Gasteiger partial charge >= 0.3 is 0 Å². The molecule has 1 aromatic carbocycles. The highest BCUT2D eigenvalue weighted by atomic mass is 16.6. The molecule has 1 heterocycles. The molecule has 6 nitrogen and oxygen atoms in total. The van der Waals surface area contributed by atoms with Crippen molar-refractivity contribution in [2.75, 3.05) is 24.6 Å². The number of nitro benzene ring substituents is 1. The summed E-state index contributed by atoms with van der Waals surface area (Å²) in [7, 11) is 0. The van der Waals surface area contributed by atoms with Crippen LogP contribution in [0.4, 0.5) is 11.4 Å². The molecule has 1 aliphatic rings. The molecule has 0 unspecified atom stereocenters. The average molecular weight is 294 g/mol. The van der Waals surface area contributed by atoms with Gasteiger partial charge in [0.25, 0.3) is 5.69 Å². The van der Waals surface area contributed by atoms with Crippen LogP contribution in [0.3, 0.4) is 0 Å². The second-order valence-electron chi connectivity index (χ2n) is 5.32. The van der Waals surface area contributed by atoms with Gasteiger partial charge in [-0.3, -0.25) is 10.1 Å². The zero-order valence-corrected chi connectivity index (χ0v) is 12.5. The Labute approximate surface area is 124 Å². The Morgan fingerprint density at radius 2 is 2.14 bits per heavy atom. The molecular formula is C15H22N2O4. The number of aliphatic hydroxyl groups excluding tert-OH is 1. The zero-order chi connectivity index (χ0) is 15.4. The summed E-state index contributed by atoms with van der Waals surface area (Å²) in [4.78, 5) is 12.9. The van der Waals surface area contributed by atoms with E-state index in [4.69, 9.17) is 4.74 Å². The molecule has 0 aliphatic carbocycles. The first kappa shape index (κ1) is 15.7. The van der Waals surface area contributed by atoms with E-state index in [1.807, 2.05) is 11.8 Å². The summed E-state index contributed by atoms with van der Waals surface area (Å²) in [5.74, 6) is 0. The summed E-state index contributed by atoms with van der Waals surface area (Å²) in [6.45, 7) is 5.78. The number of nitro groups is 1. The third kappa shape index (κ3) is 3.71. The maximum atomic E-state index is 11.3. The number of ether oxygens (including phenoxy) is 1. The molecule has 1 aliphatic heterocycles. The van der Waals surface area contributed by atoms with Crippen molar-refractivity contribution in [1.82, 2.24) is 0 Å². The molecule has 0 amide bonds. The summed E-state index contributed by atoms with van der Waals surface area (Å²) >= 11 is 0. The van der Waals surface area contributed by atoms with E-state index < -0.39 is 6.10 Å². The van der Waals surface area contributed by atoms with Crippen molar-refractivity contribution in [2.24, 2.45) is 0 Å². The number of hydrogen-bond acceptors (Lipinski definition) is 5. The Balaban J connectivity index is 2.18. The number of hydrogen-bond donors (Lipinski definition) is 1. The molecule has 0 radical (unpaired) electrons. The molecule has 2 rings (SSSR count). The van der Waals surface area contributed by atoms with E-state index in [-0.39, 0.29) is 16.7 Å². The minimum Gasteiger partial charge on any atom is -0.389 e. The fraction of sp³-hybridized carbons (Fsp3) is 0.600. The van der Waals surface area contributed by atoms with Gasteiger partial charge in [-0.25, -0.2) is 0 Å². The van der Waals surface area contributed by atoms with Crippen LogP contribution in [0.1, 0.15) is 38.4 Å². The third-order valence-electron chi connectivity index (χ3n) is 3.86. The highest BCUT2D eigenvalue weighted by Crippen LogP contribution is 2.33. The third-order valence-corrected chi connectivity index (χ3v) is 3.86. The second kappa shape index (κ2) is 6.87. The largest absolute Gasteiger partial charge is 0.389 e. The van der Waals surface area contributed by atoms with Crippen LogP contribution in [-0.2, 0) is 4.74 Å². The van der Waals surface area contributed by atoms with E-state index in [0.717, 1.165) is 25.9 Å². The molecule has 1 saturated heterocycles. The maximum Gasteiger partial charge on any atom is 0.292 e.